The second-order valence-electron chi connectivity index (χ2n) is 6.80. The van der Waals surface area contributed by atoms with Crippen LogP contribution in [0.1, 0.15) is 35.6 Å². The fourth-order valence-electron chi connectivity index (χ4n) is 3.76. The van der Waals surface area contributed by atoms with Crippen LogP contribution in [0.2, 0.25) is 0 Å². The van der Waals surface area contributed by atoms with Crippen molar-refractivity contribution in [2.45, 2.75) is 25.4 Å². The predicted octanol–water partition coefficient (Wildman–Crippen LogP) is 3.19. The van der Waals surface area contributed by atoms with E-state index in [1.807, 2.05) is 41.2 Å². The lowest BCUT2D eigenvalue weighted by molar-refractivity contribution is -0.124. The summed E-state index contributed by atoms with van der Waals surface area (Å²) in [6.07, 6.45) is 9.25. The summed E-state index contributed by atoms with van der Waals surface area (Å²) in [5, 5.41) is 13.0. The topological polar surface area (TPSA) is 69.9 Å². The maximum atomic E-state index is 11.1. The van der Waals surface area contributed by atoms with E-state index in [-0.39, 0.29) is 0 Å². The van der Waals surface area contributed by atoms with Crippen LogP contribution in [-0.4, -0.2) is 32.2 Å². The van der Waals surface area contributed by atoms with Gasteiger partial charge in [0.1, 0.15) is 0 Å². The molecule has 1 amide bonds. The molecule has 2 aromatic heterocycles. The SMILES string of the molecule is O=C(/C=C/c1ccc([C@@H]2CCCN2Cc2cnn3ccccc23)cc1)NO. The molecule has 6 nitrogen and oxygen atoms in total. The van der Waals surface area contributed by atoms with Crippen molar-refractivity contribution in [2.75, 3.05) is 6.54 Å². The number of aromatic nitrogens is 2. The van der Waals surface area contributed by atoms with Gasteiger partial charge in [-0.05, 0) is 48.7 Å². The van der Waals surface area contributed by atoms with Crippen LogP contribution < -0.4 is 5.48 Å². The molecule has 3 aromatic rings. The van der Waals surface area contributed by atoms with Gasteiger partial charge in [-0.2, -0.15) is 5.10 Å². The summed E-state index contributed by atoms with van der Waals surface area (Å²) in [4.78, 5) is 13.6. The maximum absolute atomic E-state index is 11.1. The molecule has 0 unspecified atom stereocenters. The second kappa shape index (κ2) is 7.73. The van der Waals surface area contributed by atoms with Gasteiger partial charge in [-0.3, -0.25) is 14.9 Å². The zero-order valence-corrected chi connectivity index (χ0v) is 15.0. The Morgan fingerprint density at radius 2 is 2.11 bits per heavy atom. The highest BCUT2D eigenvalue weighted by Crippen LogP contribution is 2.33. The average molecular weight is 362 g/mol. The first-order valence-electron chi connectivity index (χ1n) is 9.12. The minimum Gasteiger partial charge on any atom is -0.292 e. The summed E-state index contributed by atoms with van der Waals surface area (Å²) in [7, 11) is 0. The number of rotatable bonds is 5. The third-order valence-electron chi connectivity index (χ3n) is 5.10. The Hall–Kier alpha value is -2.96. The van der Waals surface area contributed by atoms with E-state index in [1.54, 1.807) is 11.6 Å². The van der Waals surface area contributed by atoms with Crippen molar-refractivity contribution in [1.82, 2.24) is 20.0 Å². The van der Waals surface area contributed by atoms with Gasteiger partial charge in [0.2, 0.25) is 0 Å². The summed E-state index contributed by atoms with van der Waals surface area (Å²) in [5.41, 5.74) is 6.21. The Bertz CT molecular complexity index is 962. The number of amides is 1. The highest BCUT2D eigenvalue weighted by Gasteiger charge is 2.26. The number of carbonyl (C=O) groups excluding carboxylic acids is 1. The van der Waals surface area contributed by atoms with Gasteiger partial charge < -0.3 is 0 Å². The molecule has 1 fully saturated rings. The Kier molecular flexibility index (Phi) is 5.00. The standard InChI is InChI=1S/C21H22N4O2/c26-21(23-27)11-8-16-6-9-17(10-7-16)19-5-3-12-24(19)15-18-14-22-25-13-2-1-4-20(18)25/h1-2,4,6-11,13-14,19,27H,3,5,12,15H2,(H,23,26)/b11-8+/t19-/m0/s1. The number of hydrogen-bond acceptors (Lipinski definition) is 4. The molecule has 6 heteroatoms. The van der Waals surface area contributed by atoms with Crippen molar-refractivity contribution in [1.29, 1.82) is 0 Å². The third-order valence-corrected chi connectivity index (χ3v) is 5.10. The molecule has 4 rings (SSSR count). The van der Waals surface area contributed by atoms with Crippen LogP contribution in [-0.2, 0) is 11.3 Å². The fourth-order valence-corrected chi connectivity index (χ4v) is 3.76. The number of nitrogens with zero attached hydrogens (tertiary/aromatic N) is 3. The quantitative estimate of drug-likeness (QED) is 0.415. The van der Waals surface area contributed by atoms with Crippen molar-refractivity contribution < 1.29 is 10.0 Å². The van der Waals surface area contributed by atoms with E-state index >= 15 is 0 Å². The highest BCUT2D eigenvalue weighted by molar-refractivity contribution is 5.90. The van der Waals surface area contributed by atoms with Crippen molar-refractivity contribution in [3.8, 4) is 0 Å². The van der Waals surface area contributed by atoms with Gasteiger partial charge in [-0.25, -0.2) is 10.00 Å². The van der Waals surface area contributed by atoms with Crippen molar-refractivity contribution in [3.05, 3.63) is 77.6 Å². The number of nitrogens with one attached hydrogen (secondary N) is 1. The van der Waals surface area contributed by atoms with Gasteiger partial charge >= 0.3 is 0 Å². The molecule has 0 bridgehead atoms. The minimum atomic E-state index is -0.533. The number of carbonyl (C=O) groups is 1. The molecule has 2 N–H and O–H groups in total. The molecular formula is C21H22N4O2. The van der Waals surface area contributed by atoms with E-state index in [0.717, 1.165) is 30.6 Å². The summed E-state index contributed by atoms with van der Waals surface area (Å²) in [6.45, 7) is 1.96. The van der Waals surface area contributed by atoms with Gasteiger partial charge in [-0.1, -0.05) is 30.3 Å². The normalized spacial score (nSPS) is 17.7. The second-order valence-corrected chi connectivity index (χ2v) is 6.80. The average Bonchev–Trinajstić information content (AvgIpc) is 3.34. The minimum absolute atomic E-state index is 0.391. The first kappa shape index (κ1) is 17.5. The number of hydrogen-bond donors (Lipinski definition) is 2. The molecule has 27 heavy (non-hydrogen) atoms. The summed E-state index contributed by atoms with van der Waals surface area (Å²) in [6, 6.07) is 14.8. The largest absolute Gasteiger partial charge is 0.292 e. The van der Waals surface area contributed by atoms with Gasteiger partial charge in [0, 0.05) is 30.4 Å². The zero-order valence-electron chi connectivity index (χ0n) is 15.0. The molecule has 0 aliphatic carbocycles. The van der Waals surface area contributed by atoms with Crippen LogP contribution in [0.3, 0.4) is 0 Å². The van der Waals surface area contributed by atoms with E-state index in [2.05, 4.69) is 28.2 Å². The lowest BCUT2D eigenvalue weighted by Gasteiger charge is -2.24. The van der Waals surface area contributed by atoms with E-state index < -0.39 is 5.91 Å². The van der Waals surface area contributed by atoms with E-state index in [9.17, 15) is 4.79 Å². The van der Waals surface area contributed by atoms with Crippen LogP contribution in [0, 0.1) is 0 Å². The predicted molar refractivity (Wildman–Crippen MR) is 103 cm³/mol. The Balaban J connectivity index is 1.49. The molecule has 138 valence electrons. The number of fused-ring (bicyclic) bond motifs is 1. The third kappa shape index (κ3) is 3.77. The number of pyridine rings is 1. The van der Waals surface area contributed by atoms with Gasteiger partial charge in [0.15, 0.2) is 0 Å². The van der Waals surface area contributed by atoms with Crippen molar-refractivity contribution in [2.24, 2.45) is 0 Å². The van der Waals surface area contributed by atoms with Crippen LogP contribution in [0.25, 0.3) is 11.6 Å². The van der Waals surface area contributed by atoms with E-state index in [0.29, 0.717) is 6.04 Å². The lowest BCUT2D eigenvalue weighted by atomic mass is 10.0. The molecule has 3 heterocycles. The zero-order chi connectivity index (χ0) is 18.6. The molecule has 1 saturated heterocycles. The maximum Gasteiger partial charge on any atom is 0.267 e. The molecule has 0 spiro atoms. The van der Waals surface area contributed by atoms with Crippen LogP contribution in [0.5, 0.6) is 0 Å². The Morgan fingerprint density at radius 3 is 2.93 bits per heavy atom. The highest BCUT2D eigenvalue weighted by atomic mass is 16.5. The summed E-state index contributed by atoms with van der Waals surface area (Å²) < 4.78 is 1.92. The van der Waals surface area contributed by atoms with Gasteiger partial charge in [-0.15, -0.1) is 0 Å². The monoisotopic (exact) mass is 362 g/mol. The number of likely N-dealkylation sites (tertiary alicyclic amines) is 1. The molecule has 1 atom stereocenters. The van der Waals surface area contributed by atoms with Crippen LogP contribution >= 0.6 is 0 Å². The summed E-state index contributed by atoms with van der Waals surface area (Å²) >= 11 is 0. The van der Waals surface area contributed by atoms with Crippen molar-refractivity contribution in [3.63, 3.8) is 0 Å². The molecule has 1 aliphatic rings. The number of hydroxylamine groups is 1. The molecule has 0 saturated carbocycles. The number of benzene rings is 1. The van der Waals surface area contributed by atoms with E-state index in [4.69, 9.17) is 5.21 Å². The van der Waals surface area contributed by atoms with E-state index in [1.165, 1.54) is 23.6 Å². The molecular weight excluding hydrogens is 340 g/mol. The van der Waals surface area contributed by atoms with Crippen molar-refractivity contribution >= 4 is 17.5 Å². The molecule has 0 radical (unpaired) electrons. The first-order valence-corrected chi connectivity index (χ1v) is 9.12. The van der Waals surface area contributed by atoms with Gasteiger partial charge in [0.05, 0.1) is 11.7 Å². The molecule has 1 aromatic carbocycles. The lowest BCUT2D eigenvalue weighted by Crippen LogP contribution is -2.22. The summed E-state index contributed by atoms with van der Waals surface area (Å²) in [5.74, 6) is -0.533. The fraction of sp³-hybridized carbons (Fsp3) is 0.238. The van der Waals surface area contributed by atoms with Crippen LogP contribution in [0.15, 0.2) is 60.9 Å². The Labute approximate surface area is 157 Å². The van der Waals surface area contributed by atoms with Gasteiger partial charge in [0.25, 0.3) is 5.91 Å². The Morgan fingerprint density at radius 1 is 1.26 bits per heavy atom. The first-order chi connectivity index (χ1) is 13.2. The smallest absolute Gasteiger partial charge is 0.267 e. The van der Waals surface area contributed by atoms with Crippen LogP contribution in [0.4, 0.5) is 0 Å². The molecule has 1 aliphatic heterocycles.